The first-order valence-electron chi connectivity index (χ1n) is 7.93. The van der Waals surface area contributed by atoms with Crippen molar-refractivity contribution in [1.29, 1.82) is 0 Å². The van der Waals surface area contributed by atoms with Gasteiger partial charge in [-0.1, -0.05) is 0 Å². The van der Waals surface area contributed by atoms with E-state index in [-0.39, 0.29) is 18.7 Å². The Hall–Kier alpha value is -3.24. The summed E-state index contributed by atoms with van der Waals surface area (Å²) in [6.07, 6.45) is -0.424. The molecule has 0 bridgehead atoms. The summed E-state index contributed by atoms with van der Waals surface area (Å²) in [6, 6.07) is 1.56. The molecule has 1 amide bonds. The molecule has 0 radical (unpaired) electrons. The predicted octanol–water partition coefficient (Wildman–Crippen LogP) is 1.93. The summed E-state index contributed by atoms with van der Waals surface area (Å²) in [6.45, 7) is 1.28. The molecule has 3 heterocycles. The molecule has 27 heavy (non-hydrogen) atoms. The van der Waals surface area contributed by atoms with Crippen LogP contribution >= 0.6 is 0 Å². The summed E-state index contributed by atoms with van der Waals surface area (Å²) in [4.78, 5) is 27.3. The highest BCUT2D eigenvalue weighted by Crippen LogP contribution is 2.21. The smallest absolute Gasteiger partial charge is 0.346 e. The molecule has 8 nitrogen and oxygen atoms in total. The molecule has 0 unspecified atom stereocenters. The quantitative estimate of drug-likeness (QED) is 0.660. The van der Waals surface area contributed by atoms with Gasteiger partial charge in [-0.05, 0) is 13.0 Å². The molecule has 1 N–H and O–H groups in total. The van der Waals surface area contributed by atoms with Gasteiger partial charge in [-0.3, -0.25) is 14.3 Å². The van der Waals surface area contributed by atoms with Gasteiger partial charge in [-0.25, -0.2) is 9.50 Å². The van der Waals surface area contributed by atoms with Crippen LogP contribution in [0.3, 0.4) is 0 Å². The highest BCUT2D eigenvalue weighted by Gasteiger charge is 2.27. The number of aldehydes is 1. The predicted molar refractivity (Wildman–Crippen MR) is 87.2 cm³/mol. The number of amides is 1. The van der Waals surface area contributed by atoms with E-state index in [1.165, 1.54) is 23.8 Å². The second-order valence-electron chi connectivity index (χ2n) is 5.86. The number of nitrogens with one attached hydrogen (secondary N) is 1. The van der Waals surface area contributed by atoms with Crippen LogP contribution in [-0.2, 0) is 13.1 Å². The molecule has 0 saturated carbocycles. The minimum atomic E-state index is -4.29. The lowest BCUT2D eigenvalue weighted by molar-refractivity contribution is -0.137. The van der Waals surface area contributed by atoms with Crippen molar-refractivity contribution >= 4 is 17.8 Å². The van der Waals surface area contributed by atoms with Crippen molar-refractivity contribution < 1.29 is 22.8 Å². The van der Waals surface area contributed by atoms with Crippen molar-refractivity contribution in [3.63, 3.8) is 0 Å². The van der Waals surface area contributed by atoms with E-state index in [2.05, 4.69) is 20.5 Å². The molecule has 0 aliphatic carbocycles. The molecule has 0 aromatic carbocycles. The van der Waals surface area contributed by atoms with Gasteiger partial charge in [0.05, 0.1) is 42.8 Å². The maximum atomic E-state index is 12.3. The Morgan fingerprint density at radius 2 is 2.07 bits per heavy atom. The van der Waals surface area contributed by atoms with Crippen LogP contribution in [0.5, 0.6) is 0 Å². The Morgan fingerprint density at radius 1 is 1.30 bits per heavy atom. The van der Waals surface area contributed by atoms with Crippen molar-refractivity contribution in [2.45, 2.75) is 32.6 Å². The van der Waals surface area contributed by atoms with Crippen LogP contribution < -0.4 is 5.32 Å². The first kappa shape index (κ1) is 18.5. The van der Waals surface area contributed by atoms with Crippen molar-refractivity contribution in [2.24, 2.45) is 0 Å². The number of alkyl halides is 3. The maximum Gasteiger partial charge on any atom is 0.390 e. The molecule has 0 saturated heterocycles. The molecule has 142 valence electrons. The largest absolute Gasteiger partial charge is 0.390 e. The van der Waals surface area contributed by atoms with Gasteiger partial charge in [0.2, 0.25) is 0 Å². The van der Waals surface area contributed by atoms with Gasteiger partial charge in [0.1, 0.15) is 0 Å². The molecule has 0 spiro atoms. The average Bonchev–Trinajstić information content (AvgIpc) is 3.19. The average molecular weight is 380 g/mol. The summed E-state index contributed by atoms with van der Waals surface area (Å²) in [5, 5.41) is 10.5. The third kappa shape index (κ3) is 4.30. The van der Waals surface area contributed by atoms with E-state index in [4.69, 9.17) is 0 Å². The summed E-state index contributed by atoms with van der Waals surface area (Å²) >= 11 is 0. The minimum Gasteiger partial charge on any atom is -0.346 e. The van der Waals surface area contributed by atoms with Crippen LogP contribution in [0.25, 0.3) is 5.65 Å². The standard InChI is InChI=1S/C16H15F3N6O2/c1-10-13(7-22-24(10)3-2-16(17,18)19)15(27)20-6-12-8-25-14(23-12)4-11(9-26)5-21-25/h4-5,7-9H,2-3,6H2,1H3,(H,20,27). The van der Waals surface area contributed by atoms with E-state index in [9.17, 15) is 22.8 Å². The molecule has 0 atom stereocenters. The SMILES string of the molecule is Cc1c(C(=O)NCc2cn3ncc(C=O)cc3n2)cnn1CCC(F)(F)F. The number of nitrogens with zero attached hydrogens (tertiary/aromatic N) is 5. The Bertz CT molecular complexity index is 992. The Labute approximate surface area is 151 Å². The number of halogens is 3. The summed E-state index contributed by atoms with van der Waals surface area (Å²) < 4.78 is 39.6. The van der Waals surface area contributed by atoms with Gasteiger partial charge in [0.25, 0.3) is 5.91 Å². The zero-order valence-electron chi connectivity index (χ0n) is 14.2. The third-order valence-electron chi connectivity index (χ3n) is 3.91. The van der Waals surface area contributed by atoms with Crippen LogP contribution in [0.2, 0.25) is 0 Å². The molecule has 3 aromatic rings. The van der Waals surface area contributed by atoms with E-state index in [1.54, 1.807) is 12.3 Å². The highest BCUT2D eigenvalue weighted by molar-refractivity contribution is 5.94. The number of hydrogen-bond acceptors (Lipinski definition) is 5. The van der Waals surface area contributed by atoms with Crippen molar-refractivity contribution in [3.8, 4) is 0 Å². The molecular weight excluding hydrogens is 365 g/mol. The number of carbonyl (C=O) groups excluding carboxylic acids is 2. The Kier molecular flexibility index (Phi) is 4.93. The van der Waals surface area contributed by atoms with Gasteiger partial charge in [-0.15, -0.1) is 0 Å². The van der Waals surface area contributed by atoms with Crippen LogP contribution in [0.15, 0.2) is 24.7 Å². The molecule has 3 aromatic heterocycles. The molecular formula is C16H15F3N6O2. The lowest BCUT2D eigenvalue weighted by atomic mass is 10.2. The van der Waals surface area contributed by atoms with Crippen LogP contribution in [0.1, 0.15) is 38.5 Å². The molecule has 3 rings (SSSR count). The summed E-state index contributed by atoms with van der Waals surface area (Å²) in [7, 11) is 0. The second kappa shape index (κ2) is 7.17. The Morgan fingerprint density at radius 3 is 2.78 bits per heavy atom. The number of hydrogen-bond donors (Lipinski definition) is 1. The Balaban J connectivity index is 1.66. The van der Waals surface area contributed by atoms with Crippen molar-refractivity contribution in [2.75, 3.05) is 0 Å². The van der Waals surface area contributed by atoms with Crippen molar-refractivity contribution in [3.05, 3.63) is 47.2 Å². The van der Waals surface area contributed by atoms with E-state index >= 15 is 0 Å². The van der Waals surface area contributed by atoms with E-state index in [0.717, 1.165) is 4.68 Å². The monoisotopic (exact) mass is 380 g/mol. The third-order valence-corrected chi connectivity index (χ3v) is 3.91. The molecule has 0 aliphatic rings. The first-order chi connectivity index (χ1) is 12.8. The summed E-state index contributed by atoms with van der Waals surface area (Å²) in [5.41, 5.74) is 1.90. The van der Waals surface area contributed by atoms with Gasteiger partial charge in [0, 0.05) is 17.8 Å². The van der Waals surface area contributed by atoms with Gasteiger partial charge in [-0.2, -0.15) is 23.4 Å². The summed E-state index contributed by atoms with van der Waals surface area (Å²) in [5.74, 6) is -0.468. The lowest BCUT2D eigenvalue weighted by Gasteiger charge is -2.08. The number of fused-ring (bicyclic) bond motifs is 1. The fraction of sp³-hybridized carbons (Fsp3) is 0.312. The minimum absolute atomic E-state index is 0.0891. The van der Waals surface area contributed by atoms with Crippen molar-refractivity contribution in [1.82, 2.24) is 29.7 Å². The van der Waals surface area contributed by atoms with Gasteiger partial charge in [0.15, 0.2) is 11.9 Å². The fourth-order valence-electron chi connectivity index (χ4n) is 2.48. The normalized spacial score (nSPS) is 11.7. The molecule has 0 aliphatic heterocycles. The number of carbonyl (C=O) groups is 2. The van der Waals surface area contributed by atoms with Gasteiger partial charge >= 0.3 is 6.18 Å². The van der Waals surface area contributed by atoms with E-state index < -0.39 is 18.5 Å². The van der Waals surface area contributed by atoms with E-state index in [0.29, 0.717) is 28.9 Å². The number of imidazole rings is 1. The van der Waals surface area contributed by atoms with Gasteiger partial charge < -0.3 is 5.32 Å². The second-order valence-corrected chi connectivity index (χ2v) is 5.86. The highest BCUT2D eigenvalue weighted by atomic mass is 19.4. The lowest BCUT2D eigenvalue weighted by Crippen LogP contribution is -2.23. The number of aromatic nitrogens is 5. The zero-order chi connectivity index (χ0) is 19.6. The molecule has 11 heteroatoms. The zero-order valence-corrected chi connectivity index (χ0v) is 14.2. The topological polar surface area (TPSA) is 94.2 Å². The van der Waals surface area contributed by atoms with Crippen LogP contribution in [0, 0.1) is 6.92 Å². The number of rotatable bonds is 6. The maximum absolute atomic E-state index is 12.3. The van der Waals surface area contributed by atoms with Crippen LogP contribution in [0.4, 0.5) is 13.2 Å². The van der Waals surface area contributed by atoms with E-state index in [1.807, 2.05) is 0 Å². The molecule has 0 fully saturated rings. The number of aryl methyl sites for hydroxylation is 1. The van der Waals surface area contributed by atoms with Crippen LogP contribution in [-0.4, -0.2) is 42.7 Å². The first-order valence-corrected chi connectivity index (χ1v) is 7.93. The fourth-order valence-corrected chi connectivity index (χ4v) is 2.48.